The monoisotopic (exact) mass is 200 g/mol. The standard InChI is InChI=1S/C5H2ClF3NS/c6-4-10-2-3(11-4)1-5(7,8)9/h1-2H. The molecule has 0 spiro atoms. The van der Waals surface area contributed by atoms with Gasteiger partial charge in [0.05, 0.1) is 0 Å². The van der Waals surface area contributed by atoms with Crippen LogP contribution >= 0.6 is 22.9 Å². The van der Waals surface area contributed by atoms with Gasteiger partial charge in [0.1, 0.15) is 6.42 Å². The molecule has 1 heterocycles. The van der Waals surface area contributed by atoms with Crippen molar-refractivity contribution in [2.24, 2.45) is 0 Å². The van der Waals surface area contributed by atoms with E-state index in [1.807, 2.05) is 0 Å². The van der Waals surface area contributed by atoms with Gasteiger partial charge in [-0.15, -0.1) is 11.3 Å². The van der Waals surface area contributed by atoms with E-state index in [1.54, 1.807) is 0 Å². The van der Waals surface area contributed by atoms with Crippen LogP contribution in [0.3, 0.4) is 0 Å². The van der Waals surface area contributed by atoms with Gasteiger partial charge in [-0.05, 0) is 0 Å². The molecular formula is C5H2ClF3NS. The first-order chi connectivity index (χ1) is 4.97. The zero-order valence-electron chi connectivity index (χ0n) is 5.02. The molecule has 11 heavy (non-hydrogen) atoms. The van der Waals surface area contributed by atoms with Crippen molar-refractivity contribution in [1.82, 2.24) is 4.98 Å². The third-order valence-corrected chi connectivity index (χ3v) is 1.86. The molecule has 1 rings (SSSR count). The lowest BCUT2D eigenvalue weighted by Gasteiger charge is -2.00. The second kappa shape index (κ2) is 2.98. The molecule has 1 aromatic rings. The number of thiazole rings is 1. The summed E-state index contributed by atoms with van der Waals surface area (Å²) in [5, 5.41) is 0. The lowest BCUT2D eigenvalue weighted by Crippen LogP contribution is -2.07. The van der Waals surface area contributed by atoms with Crippen molar-refractivity contribution >= 4 is 22.9 Å². The molecule has 0 aliphatic rings. The molecule has 1 aromatic heterocycles. The van der Waals surface area contributed by atoms with E-state index in [-0.39, 0.29) is 15.8 Å². The number of nitrogens with zero attached hydrogens (tertiary/aromatic N) is 1. The third-order valence-electron chi connectivity index (χ3n) is 0.801. The van der Waals surface area contributed by atoms with Gasteiger partial charge in [0, 0.05) is 11.1 Å². The molecule has 61 valence electrons. The van der Waals surface area contributed by atoms with Crippen molar-refractivity contribution in [3.63, 3.8) is 0 Å². The summed E-state index contributed by atoms with van der Waals surface area (Å²) in [7, 11) is 0. The van der Waals surface area contributed by atoms with Crippen molar-refractivity contribution in [3.05, 3.63) is 22.0 Å². The molecule has 0 N–H and O–H groups in total. The summed E-state index contributed by atoms with van der Waals surface area (Å²) >= 11 is 6.10. The van der Waals surface area contributed by atoms with Gasteiger partial charge in [-0.1, -0.05) is 11.6 Å². The second-order valence-corrected chi connectivity index (χ2v) is 3.35. The lowest BCUT2D eigenvalue weighted by atomic mass is 10.4. The maximum atomic E-state index is 11.6. The Labute approximate surface area is 69.8 Å². The minimum atomic E-state index is -4.30. The van der Waals surface area contributed by atoms with Crippen LogP contribution < -0.4 is 0 Å². The van der Waals surface area contributed by atoms with Crippen LogP contribution in [0.5, 0.6) is 0 Å². The summed E-state index contributed by atoms with van der Waals surface area (Å²) in [5.74, 6) is 0. The largest absolute Gasteiger partial charge is 0.397 e. The fraction of sp³-hybridized carbons (Fsp3) is 0.200. The number of halogens is 4. The predicted octanol–water partition coefficient (Wildman–Crippen LogP) is 2.91. The summed E-state index contributed by atoms with van der Waals surface area (Å²) < 4.78 is 35.0. The van der Waals surface area contributed by atoms with Crippen molar-refractivity contribution in [1.29, 1.82) is 0 Å². The Kier molecular flexibility index (Phi) is 2.39. The Hall–Kier alpha value is -0.290. The van der Waals surface area contributed by atoms with E-state index in [4.69, 9.17) is 11.6 Å². The van der Waals surface area contributed by atoms with Gasteiger partial charge in [0.15, 0.2) is 4.47 Å². The SMILES string of the molecule is FC(F)(F)[CH]c1cnc(Cl)s1. The molecule has 0 saturated heterocycles. The lowest BCUT2D eigenvalue weighted by molar-refractivity contribution is -0.0924. The predicted molar refractivity (Wildman–Crippen MR) is 36.6 cm³/mol. The molecule has 0 bridgehead atoms. The maximum absolute atomic E-state index is 11.6. The van der Waals surface area contributed by atoms with Gasteiger partial charge < -0.3 is 0 Å². The highest BCUT2D eigenvalue weighted by Crippen LogP contribution is 2.28. The number of aromatic nitrogens is 1. The Morgan fingerprint density at radius 1 is 1.55 bits per heavy atom. The van der Waals surface area contributed by atoms with E-state index in [9.17, 15) is 13.2 Å². The van der Waals surface area contributed by atoms with Gasteiger partial charge >= 0.3 is 6.18 Å². The average molecular weight is 201 g/mol. The van der Waals surface area contributed by atoms with Crippen molar-refractivity contribution in [2.45, 2.75) is 6.18 Å². The molecule has 0 aliphatic carbocycles. The quantitative estimate of drug-likeness (QED) is 0.679. The summed E-state index contributed by atoms with van der Waals surface area (Å²) in [6, 6.07) is 0. The molecule has 0 amide bonds. The van der Waals surface area contributed by atoms with Gasteiger partial charge in [-0.25, -0.2) is 4.98 Å². The Balaban J connectivity index is 2.65. The third kappa shape index (κ3) is 3.07. The highest BCUT2D eigenvalue weighted by Gasteiger charge is 2.29. The molecule has 0 saturated carbocycles. The van der Waals surface area contributed by atoms with E-state index < -0.39 is 6.18 Å². The molecule has 0 aromatic carbocycles. The highest BCUT2D eigenvalue weighted by molar-refractivity contribution is 7.15. The topological polar surface area (TPSA) is 12.9 Å². The minimum Gasteiger partial charge on any atom is -0.233 e. The maximum Gasteiger partial charge on any atom is 0.397 e. The fourth-order valence-electron chi connectivity index (χ4n) is 0.492. The van der Waals surface area contributed by atoms with Crippen LogP contribution in [0, 0.1) is 6.42 Å². The minimum absolute atomic E-state index is 0.0162. The first kappa shape index (κ1) is 8.80. The molecular weight excluding hydrogens is 199 g/mol. The first-order valence-electron chi connectivity index (χ1n) is 2.51. The zero-order chi connectivity index (χ0) is 8.48. The van der Waals surface area contributed by atoms with E-state index in [0.29, 0.717) is 0 Å². The van der Waals surface area contributed by atoms with E-state index in [2.05, 4.69) is 4.98 Å². The highest BCUT2D eigenvalue weighted by atomic mass is 35.5. The molecule has 1 nitrogen and oxygen atoms in total. The molecule has 6 heteroatoms. The fourth-order valence-corrected chi connectivity index (χ4v) is 1.41. The zero-order valence-corrected chi connectivity index (χ0v) is 6.59. The molecule has 0 unspecified atom stereocenters. The van der Waals surface area contributed by atoms with Gasteiger partial charge in [-0.3, -0.25) is 0 Å². The summed E-state index contributed by atoms with van der Waals surface area (Å²) in [6.07, 6.45) is -3.05. The molecule has 0 atom stereocenters. The summed E-state index contributed by atoms with van der Waals surface area (Å²) in [4.78, 5) is 3.47. The van der Waals surface area contributed by atoms with Gasteiger partial charge in [0.2, 0.25) is 0 Å². The van der Waals surface area contributed by atoms with Crippen molar-refractivity contribution in [2.75, 3.05) is 0 Å². The number of hydrogen-bond acceptors (Lipinski definition) is 2. The van der Waals surface area contributed by atoms with Crippen LogP contribution in [0.2, 0.25) is 4.47 Å². The second-order valence-electron chi connectivity index (χ2n) is 1.70. The van der Waals surface area contributed by atoms with Crippen molar-refractivity contribution in [3.8, 4) is 0 Å². The Morgan fingerprint density at radius 3 is 2.55 bits per heavy atom. The van der Waals surface area contributed by atoms with Gasteiger partial charge in [-0.2, -0.15) is 13.2 Å². The molecule has 1 radical (unpaired) electrons. The van der Waals surface area contributed by atoms with E-state index in [0.717, 1.165) is 17.5 Å². The van der Waals surface area contributed by atoms with Crippen LogP contribution in [0.15, 0.2) is 6.20 Å². The number of alkyl halides is 3. The number of rotatable bonds is 1. The first-order valence-corrected chi connectivity index (χ1v) is 3.71. The summed E-state index contributed by atoms with van der Waals surface area (Å²) in [5.41, 5.74) is 0. The smallest absolute Gasteiger partial charge is 0.233 e. The van der Waals surface area contributed by atoms with Crippen LogP contribution in [-0.2, 0) is 0 Å². The van der Waals surface area contributed by atoms with Gasteiger partial charge in [0.25, 0.3) is 0 Å². The Morgan fingerprint density at radius 2 is 2.18 bits per heavy atom. The summed E-state index contributed by atoms with van der Waals surface area (Å²) in [6.45, 7) is 0. The molecule has 0 aliphatic heterocycles. The Bertz CT molecular complexity index is 244. The average Bonchev–Trinajstić information content (AvgIpc) is 2.10. The van der Waals surface area contributed by atoms with Crippen LogP contribution in [0.4, 0.5) is 13.2 Å². The van der Waals surface area contributed by atoms with E-state index in [1.165, 1.54) is 0 Å². The van der Waals surface area contributed by atoms with Crippen LogP contribution in [0.25, 0.3) is 0 Å². The van der Waals surface area contributed by atoms with E-state index >= 15 is 0 Å². The van der Waals surface area contributed by atoms with Crippen molar-refractivity contribution < 1.29 is 13.2 Å². The normalized spacial score (nSPS) is 12.0. The number of hydrogen-bond donors (Lipinski definition) is 0. The van der Waals surface area contributed by atoms with Crippen LogP contribution in [0.1, 0.15) is 4.88 Å². The molecule has 0 fully saturated rings. The van der Waals surface area contributed by atoms with Crippen LogP contribution in [-0.4, -0.2) is 11.2 Å².